The Morgan fingerprint density at radius 2 is 1.41 bits per heavy atom. The van der Waals surface area contributed by atoms with Gasteiger partial charge in [-0.05, 0) is 52.2 Å². The summed E-state index contributed by atoms with van der Waals surface area (Å²) >= 11 is 3.62. The summed E-state index contributed by atoms with van der Waals surface area (Å²) in [7, 11) is 0. The van der Waals surface area contributed by atoms with Gasteiger partial charge < -0.3 is 4.74 Å². The molecule has 32 heavy (non-hydrogen) atoms. The predicted octanol–water partition coefficient (Wildman–Crippen LogP) is 8.10. The number of rotatable bonds is 4. The number of aliphatic imine (C=N–C) groups is 1. The Morgan fingerprint density at radius 3 is 2.19 bits per heavy atom. The van der Waals surface area contributed by atoms with Crippen LogP contribution in [-0.4, -0.2) is 6.21 Å². The molecule has 0 unspecified atom stereocenters. The van der Waals surface area contributed by atoms with E-state index in [1.807, 2.05) is 60.8 Å². The lowest BCUT2D eigenvalue weighted by molar-refractivity contribution is 0.489. The first-order valence-electron chi connectivity index (χ1n) is 10.6. The lowest BCUT2D eigenvalue weighted by Crippen LogP contribution is -2.18. The number of fused-ring (bicyclic) bond motifs is 1. The molecule has 0 saturated heterocycles. The Labute approximate surface area is 197 Å². The minimum atomic E-state index is 0.0163. The van der Waals surface area contributed by atoms with Crippen molar-refractivity contribution >= 4 is 33.6 Å². The molecule has 1 aliphatic rings. The molecule has 4 aromatic rings. The highest BCUT2D eigenvalue weighted by atomic mass is 79.9. The fraction of sp³-hybridized carbons (Fsp3) is 0.0690. The molecular formula is C29H22BrNO. The van der Waals surface area contributed by atoms with Crippen molar-refractivity contribution in [2.75, 3.05) is 0 Å². The number of aryl methyl sites for hydroxylation is 1. The topological polar surface area (TPSA) is 21.6 Å². The SMILES string of the molecule is Cc1ccccc1[C@@H]1C(C=Nc2ccccc2Br)=C(c2ccccc2)Oc2ccccc21. The van der Waals surface area contributed by atoms with Crippen LogP contribution in [0.5, 0.6) is 5.75 Å². The first kappa shape index (κ1) is 20.5. The van der Waals surface area contributed by atoms with Gasteiger partial charge in [0.15, 0.2) is 0 Å². The van der Waals surface area contributed by atoms with Gasteiger partial charge >= 0.3 is 0 Å². The Morgan fingerprint density at radius 1 is 0.750 bits per heavy atom. The number of ether oxygens (including phenoxy) is 1. The molecule has 5 rings (SSSR count). The van der Waals surface area contributed by atoms with Crippen LogP contribution in [0.4, 0.5) is 5.69 Å². The summed E-state index contributed by atoms with van der Waals surface area (Å²) in [5.74, 6) is 1.74. The molecule has 0 N–H and O–H groups in total. The summed E-state index contributed by atoms with van der Waals surface area (Å²) in [6.07, 6.45) is 1.97. The highest BCUT2D eigenvalue weighted by molar-refractivity contribution is 9.10. The van der Waals surface area contributed by atoms with Crippen LogP contribution in [0.15, 0.2) is 118 Å². The Bertz CT molecular complexity index is 1320. The van der Waals surface area contributed by atoms with Crippen molar-refractivity contribution in [3.63, 3.8) is 0 Å². The molecule has 0 spiro atoms. The average molecular weight is 480 g/mol. The average Bonchev–Trinajstić information content (AvgIpc) is 2.84. The largest absolute Gasteiger partial charge is 0.456 e. The Balaban J connectivity index is 1.76. The van der Waals surface area contributed by atoms with Gasteiger partial charge in [-0.25, -0.2) is 0 Å². The molecular weight excluding hydrogens is 458 g/mol. The molecule has 0 amide bonds. The first-order chi connectivity index (χ1) is 15.7. The minimum Gasteiger partial charge on any atom is -0.456 e. The van der Waals surface area contributed by atoms with Gasteiger partial charge in [0, 0.05) is 33.3 Å². The maximum absolute atomic E-state index is 6.52. The zero-order chi connectivity index (χ0) is 21.9. The van der Waals surface area contributed by atoms with Gasteiger partial charge in [-0.3, -0.25) is 4.99 Å². The third kappa shape index (κ3) is 3.92. The molecule has 156 valence electrons. The Kier molecular flexibility index (Phi) is 5.74. The van der Waals surface area contributed by atoms with Crippen molar-refractivity contribution in [2.24, 2.45) is 4.99 Å². The number of halogens is 1. The summed E-state index contributed by atoms with van der Waals surface area (Å²) in [4.78, 5) is 4.87. The van der Waals surface area contributed by atoms with Crippen LogP contribution < -0.4 is 4.74 Å². The molecule has 1 atom stereocenters. The van der Waals surface area contributed by atoms with E-state index in [2.05, 4.69) is 71.4 Å². The second kappa shape index (κ2) is 8.97. The standard InChI is InChI=1S/C29H22BrNO/c1-20-11-5-6-14-22(20)28-23-15-7-10-18-27(23)32-29(21-12-3-2-4-13-21)24(28)19-31-26-17-9-8-16-25(26)30/h2-19,28H,1H3/t28-/m0/s1. The summed E-state index contributed by atoms with van der Waals surface area (Å²) in [5.41, 5.74) is 6.61. The van der Waals surface area contributed by atoms with Gasteiger partial charge in [-0.1, -0.05) is 84.9 Å². The molecule has 1 heterocycles. The van der Waals surface area contributed by atoms with E-state index in [1.54, 1.807) is 0 Å². The van der Waals surface area contributed by atoms with Crippen molar-refractivity contribution in [1.29, 1.82) is 0 Å². The molecule has 1 aliphatic heterocycles. The quantitative estimate of drug-likeness (QED) is 0.271. The van der Waals surface area contributed by atoms with Crippen LogP contribution in [0, 0.1) is 6.92 Å². The number of para-hydroxylation sites is 2. The number of hydrogen-bond acceptors (Lipinski definition) is 2. The molecule has 0 aromatic heterocycles. The molecule has 0 fully saturated rings. The number of allylic oxidation sites excluding steroid dienone is 1. The van der Waals surface area contributed by atoms with E-state index in [9.17, 15) is 0 Å². The first-order valence-corrected chi connectivity index (χ1v) is 11.4. The molecule has 3 heteroatoms. The normalized spacial score (nSPS) is 15.5. The zero-order valence-corrected chi connectivity index (χ0v) is 19.3. The van der Waals surface area contributed by atoms with Crippen LogP contribution in [0.3, 0.4) is 0 Å². The second-order valence-corrected chi connectivity index (χ2v) is 8.64. The minimum absolute atomic E-state index is 0.0163. The molecule has 0 saturated carbocycles. The molecule has 0 bridgehead atoms. The van der Waals surface area contributed by atoms with E-state index in [0.717, 1.165) is 38.4 Å². The fourth-order valence-corrected chi connectivity index (χ4v) is 4.56. The second-order valence-electron chi connectivity index (χ2n) is 7.79. The van der Waals surface area contributed by atoms with Crippen molar-refractivity contribution in [2.45, 2.75) is 12.8 Å². The van der Waals surface area contributed by atoms with Crippen molar-refractivity contribution in [3.8, 4) is 5.75 Å². The molecule has 2 nitrogen and oxygen atoms in total. The predicted molar refractivity (Wildman–Crippen MR) is 136 cm³/mol. The van der Waals surface area contributed by atoms with Crippen LogP contribution in [0.25, 0.3) is 5.76 Å². The summed E-state index contributed by atoms with van der Waals surface area (Å²) in [6, 6.07) is 35.1. The van der Waals surface area contributed by atoms with E-state index >= 15 is 0 Å². The molecule has 4 aromatic carbocycles. The maximum Gasteiger partial charge on any atom is 0.140 e. The number of nitrogens with zero attached hydrogens (tertiary/aromatic N) is 1. The summed E-state index contributed by atoms with van der Waals surface area (Å²) in [5, 5.41) is 0. The lowest BCUT2D eigenvalue weighted by Gasteiger charge is -2.30. The summed E-state index contributed by atoms with van der Waals surface area (Å²) < 4.78 is 7.48. The van der Waals surface area contributed by atoms with E-state index in [-0.39, 0.29) is 5.92 Å². The lowest BCUT2D eigenvalue weighted by atomic mass is 9.80. The van der Waals surface area contributed by atoms with Gasteiger partial charge in [0.05, 0.1) is 5.69 Å². The van der Waals surface area contributed by atoms with Crippen LogP contribution in [0.1, 0.15) is 28.2 Å². The van der Waals surface area contributed by atoms with E-state index in [1.165, 1.54) is 11.1 Å². The van der Waals surface area contributed by atoms with Gasteiger partial charge in [0.25, 0.3) is 0 Å². The highest BCUT2D eigenvalue weighted by Gasteiger charge is 2.31. The molecule has 0 aliphatic carbocycles. The van der Waals surface area contributed by atoms with Crippen molar-refractivity contribution in [1.82, 2.24) is 0 Å². The third-order valence-corrected chi connectivity index (χ3v) is 6.42. The molecule has 0 radical (unpaired) electrons. The van der Waals surface area contributed by atoms with Gasteiger partial charge in [0.2, 0.25) is 0 Å². The third-order valence-electron chi connectivity index (χ3n) is 5.75. The van der Waals surface area contributed by atoms with Gasteiger partial charge in [-0.2, -0.15) is 0 Å². The van der Waals surface area contributed by atoms with Crippen LogP contribution in [0.2, 0.25) is 0 Å². The van der Waals surface area contributed by atoms with E-state index in [4.69, 9.17) is 9.73 Å². The van der Waals surface area contributed by atoms with Gasteiger partial charge in [-0.15, -0.1) is 0 Å². The zero-order valence-electron chi connectivity index (χ0n) is 17.7. The monoisotopic (exact) mass is 479 g/mol. The number of hydrogen-bond donors (Lipinski definition) is 0. The van der Waals surface area contributed by atoms with E-state index in [0.29, 0.717) is 0 Å². The maximum atomic E-state index is 6.52. The van der Waals surface area contributed by atoms with E-state index < -0.39 is 0 Å². The van der Waals surface area contributed by atoms with Crippen LogP contribution in [-0.2, 0) is 0 Å². The van der Waals surface area contributed by atoms with Crippen LogP contribution >= 0.6 is 15.9 Å². The fourth-order valence-electron chi connectivity index (χ4n) is 4.17. The Hall–Kier alpha value is -3.43. The smallest absolute Gasteiger partial charge is 0.140 e. The van der Waals surface area contributed by atoms with Gasteiger partial charge in [0.1, 0.15) is 11.5 Å². The van der Waals surface area contributed by atoms with Crippen molar-refractivity contribution in [3.05, 3.63) is 135 Å². The summed E-state index contributed by atoms with van der Waals surface area (Å²) in [6.45, 7) is 2.16. The number of benzene rings is 4. The van der Waals surface area contributed by atoms with Crippen molar-refractivity contribution < 1.29 is 4.74 Å². The highest BCUT2D eigenvalue weighted by Crippen LogP contribution is 2.46.